The third-order valence-electron chi connectivity index (χ3n) is 4.75. The number of benzene rings is 2. The quantitative estimate of drug-likeness (QED) is 0.284. The number of nitrogens with one attached hydrogen (secondary N) is 1. The lowest BCUT2D eigenvalue weighted by atomic mass is 10.1. The zero-order chi connectivity index (χ0) is 22.8. The molecule has 0 fully saturated rings. The zero-order valence-corrected chi connectivity index (χ0v) is 20.8. The molecule has 4 nitrogen and oxygen atoms in total. The SMILES string of the molecule is CCCCNC(=O)[C@H](C)N(Cc1ccc(Cl)cc1Cl)C(=O)CCSc1ccc(Cl)cc1. The van der Waals surface area contributed by atoms with Gasteiger partial charge in [-0.1, -0.05) is 54.2 Å². The normalized spacial score (nSPS) is 11.8. The molecule has 2 aromatic rings. The van der Waals surface area contributed by atoms with Crippen molar-refractivity contribution < 1.29 is 9.59 Å². The monoisotopic (exact) mass is 500 g/mol. The fourth-order valence-electron chi connectivity index (χ4n) is 2.88. The van der Waals surface area contributed by atoms with Crippen LogP contribution in [0.4, 0.5) is 0 Å². The van der Waals surface area contributed by atoms with Gasteiger partial charge in [0.1, 0.15) is 6.04 Å². The zero-order valence-electron chi connectivity index (χ0n) is 17.7. The smallest absolute Gasteiger partial charge is 0.242 e. The lowest BCUT2D eigenvalue weighted by Gasteiger charge is -2.29. The fourth-order valence-corrected chi connectivity index (χ4v) is 4.32. The van der Waals surface area contributed by atoms with Gasteiger partial charge in [0.05, 0.1) is 0 Å². The van der Waals surface area contributed by atoms with E-state index in [9.17, 15) is 9.59 Å². The molecule has 0 bridgehead atoms. The van der Waals surface area contributed by atoms with Crippen molar-refractivity contribution in [3.8, 4) is 0 Å². The third-order valence-corrected chi connectivity index (χ3v) is 6.60. The van der Waals surface area contributed by atoms with E-state index in [0.29, 0.717) is 33.8 Å². The molecule has 2 amide bonds. The van der Waals surface area contributed by atoms with Crippen molar-refractivity contribution in [1.29, 1.82) is 0 Å². The van der Waals surface area contributed by atoms with Crippen molar-refractivity contribution in [2.45, 2.75) is 50.6 Å². The Labute approximate surface area is 203 Å². The van der Waals surface area contributed by atoms with Crippen LogP contribution >= 0.6 is 46.6 Å². The van der Waals surface area contributed by atoms with E-state index in [1.54, 1.807) is 41.8 Å². The number of unbranched alkanes of at least 4 members (excludes halogenated alkanes) is 1. The van der Waals surface area contributed by atoms with E-state index in [2.05, 4.69) is 12.2 Å². The number of rotatable bonds is 11. The highest BCUT2D eigenvalue weighted by Crippen LogP contribution is 2.25. The first kappa shape index (κ1) is 25.9. The molecular formula is C23H27Cl3N2O2S. The Bertz CT molecular complexity index is 878. The number of amides is 2. The molecule has 0 aliphatic carbocycles. The number of carbonyl (C=O) groups is 2. The molecule has 0 spiro atoms. The summed E-state index contributed by atoms with van der Waals surface area (Å²) in [5, 5.41) is 4.58. The van der Waals surface area contributed by atoms with E-state index in [1.807, 2.05) is 24.3 Å². The topological polar surface area (TPSA) is 49.4 Å². The molecule has 2 aromatic carbocycles. The first-order valence-electron chi connectivity index (χ1n) is 10.2. The summed E-state index contributed by atoms with van der Waals surface area (Å²) in [7, 11) is 0. The summed E-state index contributed by atoms with van der Waals surface area (Å²) in [6.45, 7) is 4.64. The van der Waals surface area contributed by atoms with Crippen LogP contribution in [0.5, 0.6) is 0 Å². The van der Waals surface area contributed by atoms with Crippen molar-refractivity contribution in [1.82, 2.24) is 10.2 Å². The van der Waals surface area contributed by atoms with Gasteiger partial charge in [-0.3, -0.25) is 9.59 Å². The molecule has 0 saturated heterocycles. The maximum atomic E-state index is 13.1. The van der Waals surface area contributed by atoms with Crippen LogP contribution in [0.15, 0.2) is 47.4 Å². The van der Waals surface area contributed by atoms with E-state index < -0.39 is 6.04 Å². The van der Waals surface area contributed by atoms with Crippen molar-refractivity contribution in [2.24, 2.45) is 0 Å². The standard InChI is InChI=1S/C23H27Cl3N2O2S/c1-3-4-12-27-23(30)16(2)28(15-17-5-6-19(25)14-21(17)26)22(29)11-13-31-20-9-7-18(24)8-10-20/h5-10,14,16H,3-4,11-13,15H2,1-2H3,(H,27,30)/t16-/m0/s1. The summed E-state index contributed by atoms with van der Waals surface area (Å²) in [6, 6.07) is 12.0. The largest absolute Gasteiger partial charge is 0.354 e. The van der Waals surface area contributed by atoms with E-state index in [1.165, 1.54) is 0 Å². The highest BCUT2D eigenvalue weighted by atomic mass is 35.5. The van der Waals surface area contributed by atoms with Gasteiger partial charge in [0, 0.05) is 45.2 Å². The van der Waals surface area contributed by atoms with Gasteiger partial charge in [0.2, 0.25) is 11.8 Å². The highest BCUT2D eigenvalue weighted by Gasteiger charge is 2.26. The minimum absolute atomic E-state index is 0.106. The van der Waals surface area contributed by atoms with Crippen LogP contribution in [0.25, 0.3) is 0 Å². The lowest BCUT2D eigenvalue weighted by molar-refractivity contribution is -0.140. The predicted octanol–water partition coefficient (Wildman–Crippen LogP) is 6.46. The highest BCUT2D eigenvalue weighted by molar-refractivity contribution is 7.99. The van der Waals surface area contributed by atoms with Crippen LogP contribution < -0.4 is 5.32 Å². The Morgan fingerprint density at radius 2 is 1.74 bits per heavy atom. The molecule has 1 atom stereocenters. The number of nitrogens with zero attached hydrogens (tertiary/aromatic N) is 1. The van der Waals surface area contributed by atoms with Gasteiger partial charge in [-0.2, -0.15) is 0 Å². The number of thioether (sulfide) groups is 1. The summed E-state index contributed by atoms with van der Waals surface area (Å²) >= 11 is 19.8. The van der Waals surface area contributed by atoms with Crippen LogP contribution in [-0.2, 0) is 16.1 Å². The van der Waals surface area contributed by atoms with Crippen LogP contribution in [0, 0.1) is 0 Å². The molecule has 0 aliphatic rings. The Morgan fingerprint density at radius 3 is 2.39 bits per heavy atom. The molecule has 168 valence electrons. The first-order chi connectivity index (χ1) is 14.8. The molecule has 0 unspecified atom stereocenters. The van der Waals surface area contributed by atoms with E-state index >= 15 is 0 Å². The molecule has 0 radical (unpaired) electrons. The molecule has 0 aliphatic heterocycles. The van der Waals surface area contributed by atoms with Crippen molar-refractivity contribution in [2.75, 3.05) is 12.3 Å². The molecule has 0 saturated carbocycles. The number of halogens is 3. The molecule has 2 rings (SSSR count). The van der Waals surface area contributed by atoms with Crippen LogP contribution in [0.3, 0.4) is 0 Å². The molecule has 31 heavy (non-hydrogen) atoms. The van der Waals surface area contributed by atoms with Gasteiger partial charge in [-0.05, 0) is 55.3 Å². The molecule has 0 aromatic heterocycles. The number of hydrogen-bond donors (Lipinski definition) is 1. The maximum absolute atomic E-state index is 13.1. The summed E-state index contributed by atoms with van der Waals surface area (Å²) in [4.78, 5) is 28.4. The lowest BCUT2D eigenvalue weighted by Crippen LogP contribution is -2.47. The fraction of sp³-hybridized carbons (Fsp3) is 0.391. The molecule has 0 heterocycles. The summed E-state index contributed by atoms with van der Waals surface area (Å²) in [6.07, 6.45) is 2.18. The van der Waals surface area contributed by atoms with Crippen molar-refractivity contribution >= 4 is 58.4 Å². The summed E-state index contributed by atoms with van der Waals surface area (Å²) in [5.41, 5.74) is 0.748. The van der Waals surface area contributed by atoms with Crippen molar-refractivity contribution in [3.63, 3.8) is 0 Å². The van der Waals surface area contributed by atoms with Gasteiger partial charge in [0.15, 0.2) is 0 Å². The van der Waals surface area contributed by atoms with Crippen LogP contribution in [0.1, 0.15) is 38.7 Å². The number of hydrogen-bond acceptors (Lipinski definition) is 3. The van der Waals surface area contributed by atoms with Crippen molar-refractivity contribution in [3.05, 3.63) is 63.1 Å². The summed E-state index contributed by atoms with van der Waals surface area (Å²) < 4.78 is 0. The van der Waals surface area contributed by atoms with Gasteiger partial charge in [0.25, 0.3) is 0 Å². The predicted molar refractivity (Wildman–Crippen MR) is 131 cm³/mol. The third kappa shape index (κ3) is 8.57. The van der Waals surface area contributed by atoms with Gasteiger partial charge in [-0.15, -0.1) is 11.8 Å². The minimum atomic E-state index is -0.614. The van der Waals surface area contributed by atoms with Crippen LogP contribution in [0.2, 0.25) is 15.1 Å². The molecular weight excluding hydrogens is 475 g/mol. The average molecular weight is 502 g/mol. The average Bonchev–Trinajstić information content (AvgIpc) is 2.74. The second kappa shape index (κ2) is 13.2. The second-order valence-electron chi connectivity index (χ2n) is 7.13. The maximum Gasteiger partial charge on any atom is 0.242 e. The number of carbonyl (C=O) groups excluding carboxylic acids is 2. The van der Waals surface area contributed by atoms with Crippen LogP contribution in [-0.4, -0.2) is 35.1 Å². The van der Waals surface area contributed by atoms with E-state index in [-0.39, 0.29) is 18.4 Å². The van der Waals surface area contributed by atoms with Gasteiger partial charge < -0.3 is 10.2 Å². The first-order valence-corrected chi connectivity index (χ1v) is 12.3. The second-order valence-corrected chi connectivity index (χ2v) is 9.58. The molecule has 1 N–H and O–H groups in total. The van der Waals surface area contributed by atoms with Gasteiger partial charge >= 0.3 is 0 Å². The van der Waals surface area contributed by atoms with E-state index in [0.717, 1.165) is 23.3 Å². The minimum Gasteiger partial charge on any atom is -0.354 e. The Kier molecular flexibility index (Phi) is 11.0. The Balaban J connectivity index is 2.08. The van der Waals surface area contributed by atoms with E-state index in [4.69, 9.17) is 34.8 Å². The molecule has 8 heteroatoms. The van der Waals surface area contributed by atoms with Gasteiger partial charge in [-0.25, -0.2) is 0 Å². The Morgan fingerprint density at radius 1 is 1.06 bits per heavy atom. The summed E-state index contributed by atoms with van der Waals surface area (Å²) in [5.74, 6) is 0.318. The Hall–Kier alpha value is -1.40.